The molecule has 2 amide bonds. The number of anilines is 1. The van der Waals surface area contributed by atoms with E-state index < -0.39 is 17.6 Å². The van der Waals surface area contributed by atoms with E-state index in [1.54, 1.807) is 12.1 Å². The number of thiocarbonyl (C=S) groups is 1. The second-order valence-corrected chi connectivity index (χ2v) is 8.12. The Kier molecular flexibility index (Phi) is 5.93. The summed E-state index contributed by atoms with van der Waals surface area (Å²) < 4.78 is 13.9. The number of hydrogen-bond acceptors (Lipinski definition) is 5. The van der Waals surface area contributed by atoms with E-state index in [2.05, 4.69) is 21.2 Å². The molecule has 2 N–H and O–H groups in total. The number of aromatic hydroxyl groups is 1. The molecule has 0 unspecified atom stereocenters. The Hall–Kier alpha value is -2.23. The molecular formula is C18H12BrFN2O3S2. The third-order valence-corrected chi connectivity index (χ3v) is 5.45. The first-order chi connectivity index (χ1) is 12.8. The van der Waals surface area contributed by atoms with E-state index in [0.29, 0.717) is 16.2 Å². The van der Waals surface area contributed by atoms with Gasteiger partial charge in [0.15, 0.2) is 0 Å². The summed E-state index contributed by atoms with van der Waals surface area (Å²) >= 11 is 9.56. The van der Waals surface area contributed by atoms with Gasteiger partial charge in [-0.15, -0.1) is 0 Å². The number of thioether (sulfide) groups is 1. The lowest BCUT2D eigenvalue weighted by molar-refractivity contribution is -0.126. The van der Waals surface area contributed by atoms with Gasteiger partial charge >= 0.3 is 0 Å². The molecule has 0 bridgehead atoms. The SMILES string of the molecule is O=C(CN1C(=O)/C(=C/c2cc(Br)ccc2O)SC1=S)Nc1ccc(F)cc1. The smallest absolute Gasteiger partial charge is 0.266 e. The number of carbonyl (C=O) groups is 2. The highest BCUT2D eigenvalue weighted by molar-refractivity contribution is 9.10. The Morgan fingerprint density at radius 1 is 1.30 bits per heavy atom. The van der Waals surface area contributed by atoms with Crippen molar-refractivity contribution < 1.29 is 19.1 Å². The fourth-order valence-electron chi connectivity index (χ4n) is 2.30. The highest BCUT2D eigenvalue weighted by Crippen LogP contribution is 2.34. The molecule has 5 nitrogen and oxygen atoms in total. The number of hydrogen-bond donors (Lipinski definition) is 2. The molecule has 2 aromatic rings. The molecule has 0 spiro atoms. The Balaban J connectivity index is 1.72. The van der Waals surface area contributed by atoms with Gasteiger partial charge in [-0.25, -0.2) is 4.39 Å². The molecule has 138 valence electrons. The predicted molar refractivity (Wildman–Crippen MR) is 111 cm³/mol. The summed E-state index contributed by atoms with van der Waals surface area (Å²) in [5.41, 5.74) is 0.877. The molecule has 9 heteroatoms. The van der Waals surface area contributed by atoms with E-state index in [1.807, 2.05) is 0 Å². The van der Waals surface area contributed by atoms with E-state index in [0.717, 1.165) is 16.2 Å². The van der Waals surface area contributed by atoms with Gasteiger partial charge in [0.25, 0.3) is 5.91 Å². The second kappa shape index (κ2) is 8.20. The summed E-state index contributed by atoms with van der Waals surface area (Å²) in [6, 6.07) is 10.2. The van der Waals surface area contributed by atoms with Crippen LogP contribution >= 0.6 is 39.9 Å². The lowest BCUT2D eigenvalue weighted by atomic mass is 10.2. The second-order valence-electron chi connectivity index (χ2n) is 5.53. The van der Waals surface area contributed by atoms with Crippen molar-refractivity contribution in [2.45, 2.75) is 0 Å². The maximum absolute atomic E-state index is 12.9. The summed E-state index contributed by atoms with van der Waals surface area (Å²) in [4.78, 5) is 26.2. The van der Waals surface area contributed by atoms with E-state index in [-0.39, 0.29) is 16.6 Å². The van der Waals surface area contributed by atoms with Crippen molar-refractivity contribution in [2.75, 3.05) is 11.9 Å². The topological polar surface area (TPSA) is 69.6 Å². The van der Waals surface area contributed by atoms with Gasteiger partial charge in [0, 0.05) is 15.7 Å². The Bertz CT molecular complexity index is 964. The minimum absolute atomic E-state index is 0.0255. The summed E-state index contributed by atoms with van der Waals surface area (Å²) in [6.07, 6.45) is 1.53. The molecule has 3 rings (SSSR count). The molecule has 1 fully saturated rings. The summed E-state index contributed by atoms with van der Waals surface area (Å²) in [5.74, 6) is -1.26. The molecular weight excluding hydrogens is 455 g/mol. The summed E-state index contributed by atoms with van der Waals surface area (Å²) in [5, 5.41) is 12.5. The van der Waals surface area contributed by atoms with Crippen molar-refractivity contribution in [1.82, 2.24) is 4.90 Å². The van der Waals surface area contributed by atoms with Gasteiger partial charge in [-0.05, 0) is 48.5 Å². The van der Waals surface area contributed by atoms with Crippen molar-refractivity contribution in [3.8, 4) is 5.75 Å². The first-order valence-electron chi connectivity index (χ1n) is 7.63. The summed E-state index contributed by atoms with van der Waals surface area (Å²) in [6.45, 7) is -0.260. The molecule has 2 aromatic carbocycles. The molecule has 1 saturated heterocycles. The van der Waals surface area contributed by atoms with E-state index in [1.165, 1.54) is 41.3 Å². The molecule has 0 atom stereocenters. The number of phenols is 1. The number of nitrogens with zero attached hydrogens (tertiary/aromatic N) is 1. The number of nitrogens with one attached hydrogen (secondary N) is 1. The summed E-state index contributed by atoms with van der Waals surface area (Å²) in [7, 11) is 0. The van der Waals surface area contributed by atoms with Crippen LogP contribution in [0.3, 0.4) is 0 Å². The first kappa shape index (κ1) is 19.5. The number of phenolic OH excluding ortho intramolecular Hbond substituents is 1. The Morgan fingerprint density at radius 3 is 2.70 bits per heavy atom. The van der Waals surface area contributed by atoms with Crippen molar-refractivity contribution in [3.63, 3.8) is 0 Å². The highest BCUT2D eigenvalue weighted by atomic mass is 79.9. The first-order valence-corrected chi connectivity index (χ1v) is 9.64. The molecule has 0 radical (unpaired) electrons. The monoisotopic (exact) mass is 466 g/mol. The van der Waals surface area contributed by atoms with Crippen LogP contribution in [0.1, 0.15) is 5.56 Å². The highest BCUT2D eigenvalue weighted by Gasteiger charge is 2.33. The van der Waals surface area contributed by atoms with Crippen LogP contribution in [0.4, 0.5) is 10.1 Å². The maximum Gasteiger partial charge on any atom is 0.266 e. The molecule has 1 aliphatic rings. The van der Waals surface area contributed by atoms with Gasteiger partial charge < -0.3 is 10.4 Å². The fourth-order valence-corrected chi connectivity index (χ4v) is 3.92. The van der Waals surface area contributed by atoms with Gasteiger partial charge in [0.2, 0.25) is 5.91 Å². The minimum atomic E-state index is -0.454. The van der Waals surface area contributed by atoms with Crippen LogP contribution < -0.4 is 5.32 Å². The number of carbonyl (C=O) groups excluding carboxylic acids is 2. The van der Waals surface area contributed by atoms with Gasteiger partial charge in [0.1, 0.15) is 22.4 Å². The van der Waals surface area contributed by atoms with Crippen molar-refractivity contribution in [3.05, 3.63) is 63.2 Å². The molecule has 0 saturated carbocycles. The number of halogens is 2. The Morgan fingerprint density at radius 2 is 2.00 bits per heavy atom. The van der Waals surface area contributed by atoms with Crippen LogP contribution in [0, 0.1) is 5.82 Å². The van der Waals surface area contributed by atoms with Crippen molar-refractivity contribution in [1.29, 1.82) is 0 Å². The predicted octanol–water partition coefficient (Wildman–Crippen LogP) is 4.13. The van der Waals surface area contributed by atoms with Gasteiger partial charge in [0.05, 0.1) is 4.91 Å². The number of rotatable bonds is 4. The van der Waals surface area contributed by atoms with E-state index in [4.69, 9.17) is 12.2 Å². The Labute approximate surface area is 172 Å². The third kappa shape index (κ3) is 4.74. The molecule has 1 aliphatic heterocycles. The lowest BCUT2D eigenvalue weighted by Crippen LogP contribution is -2.36. The zero-order chi connectivity index (χ0) is 19.6. The quantitative estimate of drug-likeness (QED) is 0.523. The molecule has 0 aliphatic carbocycles. The van der Waals surface area contributed by atoms with E-state index >= 15 is 0 Å². The van der Waals surface area contributed by atoms with Crippen LogP contribution in [0.5, 0.6) is 5.75 Å². The third-order valence-electron chi connectivity index (χ3n) is 3.58. The van der Waals surface area contributed by atoms with Crippen LogP contribution in [0.2, 0.25) is 0 Å². The van der Waals surface area contributed by atoms with Crippen LogP contribution in [-0.2, 0) is 9.59 Å². The lowest BCUT2D eigenvalue weighted by Gasteiger charge is -2.14. The molecule has 0 aromatic heterocycles. The number of amides is 2. The van der Waals surface area contributed by atoms with Crippen LogP contribution in [-0.4, -0.2) is 32.7 Å². The molecule has 1 heterocycles. The van der Waals surface area contributed by atoms with Crippen molar-refractivity contribution in [2.24, 2.45) is 0 Å². The fraction of sp³-hybridized carbons (Fsp3) is 0.0556. The average Bonchev–Trinajstić information content (AvgIpc) is 2.87. The van der Waals surface area contributed by atoms with Gasteiger partial charge in [-0.2, -0.15) is 0 Å². The minimum Gasteiger partial charge on any atom is -0.507 e. The van der Waals surface area contributed by atoms with Crippen LogP contribution in [0.25, 0.3) is 6.08 Å². The molecule has 27 heavy (non-hydrogen) atoms. The average molecular weight is 467 g/mol. The normalized spacial score (nSPS) is 15.5. The standard InChI is InChI=1S/C18H12BrFN2O3S2/c19-11-1-6-14(23)10(7-11)8-15-17(25)22(18(26)27-15)9-16(24)21-13-4-2-12(20)3-5-13/h1-8,23H,9H2,(H,21,24)/b15-8-. The maximum atomic E-state index is 12.9. The zero-order valence-corrected chi connectivity index (χ0v) is 16.8. The van der Waals surface area contributed by atoms with E-state index in [9.17, 15) is 19.1 Å². The van der Waals surface area contributed by atoms with Gasteiger partial charge in [-0.1, -0.05) is 39.9 Å². The van der Waals surface area contributed by atoms with Crippen LogP contribution in [0.15, 0.2) is 51.8 Å². The van der Waals surface area contributed by atoms with Crippen molar-refractivity contribution >= 4 is 67.8 Å². The largest absolute Gasteiger partial charge is 0.507 e. The van der Waals surface area contributed by atoms with Gasteiger partial charge in [-0.3, -0.25) is 14.5 Å². The zero-order valence-electron chi connectivity index (χ0n) is 13.6. The number of benzene rings is 2.